The fourth-order valence-corrected chi connectivity index (χ4v) is 2.04. The van der Waals surface area contributed by atoms with E-state index in [1.807, 2.05) is 13.0 Å². The minimum absolute atomic E-state index is 0.218. The van der Waals surface area contributed by atoms with Crippen LogP contribution in [0.3, 0.4) is 0 Å². The van der Waals surface area contributed by atoms with Crippen LogP contribution in [0.5, 0.6) is 0 Å². The lowest BCUT2D eigenvalue weighted by Crippen LogP contribution is -2.56. The monoisotopic (exact) mass is 279 g/mol. The molecule has 2 N–H and O–H groups in total. The Hall–Kier alpha value is -1.88. The first kappa shape index (κ1) is 16.2. The topological polar surface area (TPSA) is 75.6 Å². The SMILES string of the molecule is CCC[C@@](O)(C(=O)OC)[C@H](C)NC(=O)c1ccccc1. The lowest BCUT2D eigenvalue weighted by molar-refractivity contribution is -0.165. The maximum absolute atomic E-state index is 12.0. The van der Waals surface area contributed by atoms with Crippen molar-refractivity contribution in [3.63, 3.8) is 0 Å². The minimum atomic E-state index is -1.71. The molecule has 1 amide bonds. The minimum Gasteiger partial charge on any atom is -0.467 e. The Balaban J connectivity index is 2.84. The van der Waals surface area contributed by atoms with E-state index in [1.165, 1.54) is 7.11 Å². The zero-order valence-corrected chi connectivity index (χ0v) is 12.1. The third-order valence-electron chi connectivity index (χ3n) is 3.27. The van der Waals surface area contributed by atoms with Crippen LogP contribution in [-0.4, -0.2) is 35.7 Å². The summed E-state index contributed by atoms with van der Waals surface area (Å²) in [6.45, 7) is 3.44. The number of amides is 1. The fraction of sp³-hybridized carbons (Fsp3) is 0.467. The number of benzene rings is 1. The maximum atomic E-state index is 12.0. The van der Waals surface area contributed by atoms with Gasteiger partial charge in [-0.25, -0.2) is 4.79 Å². The molecular formula is C15H21NO4. The van der Waals surface area contributed by atoms with Crippen molar-refractivity contribution >= 4 is 11.9 Å². The van der Waals surface area contributed by atoms with Crippen LogP contribution in [0.15, 0.2) is 30.3 Å². The van der Waals surface area contributed by atoms with Gasteiger partial charge in [0.1, 0.15) is 0 Å². The Morgan fingerprint density at radius 2 is 1.95 bits per heavy atom. The van der Waals surface area contributed by atoms with Crippen molar-refractivity contribution in [2.75, 3.05) is 7.11 Å². The Morgan fingerprint density at radius 3 is 2.45 bits per heavy atom. The van der Waals surface area contributed by atoms with Gasteiger partial charge in [-0.2, -0.15) is 0 Å². The van der Waals surface area contributed by atoms with Crippen molar-refractivity contribution in [2.45, 2.75) is 38.3 Å². The molecule has 1 rings (SSSR count). The molecule has 0 bridgehead atoms. The van der Waals surface area contributed by atoms with E-state index in [1.54, 1.807) is 31.2 Å². The number of hydrogen-bond acceptors (Lipinski definition) is 4. The molecule has 1 aromatic rings. The molecule has 5 heteroatoms. The summed E-state index contributed by atoms with van der Waals surface area (Å²) in [5.74, 6) is -1.07. The van der Waals surface area contributed by atoms with E-state index in [9.17, 15) is 14.7 Å². The second-order valence-electron chi connectivity index (χ2n) is 4.73. The highest BCUT2D eigenvalue weighted by molar-refractivity contribution is 5.95. The van der Waals surface area contributed by atoms with Crippen LogP contribution in [0.1, 0.15) is 37.0 Å². The van der Waals surface area contributed by atoms with Crippen LogP contribution < -0.4 is 5.32 Å². The van der Waals surface area contributed by atoms with Gasteiger partial charge < -0.3 is 15.2 Å². The van der Waals surface area contributed by atoms with Crippen molar-refractivity contribution in [1.29, 1.82) is 0 Å². The molecule has 20 heavy (non-hydrogen) atoms. The number of esters is 1. The van der Waals surface area contributed by atoms with E-state index < -0.39 is 17.6 Å². The molecule has 0 aliphatic heterocycles. The Bertz CT molecular complexity index is 460. The van der Waals surface area contributed by atoms with Crippen molar-refractivity contribution in [1.82, 2.24) is 5.32 Å². The molecule has 0 fully saturated rings. The Morgan fingerprint density at radius 1 is 1.35 bits per heavy atom. The number of carbonyl (C=O) groups is 2. The molecule has 0 aliphatic carbocycles. The van der Waals surface area contributed by atoms with Gasteiger partial charge in [-0.15, -0.1) is 0 Å². The molecule has 0 saturated carbocycles. The van der Waals surface area contributed by atoms with Gasteiger partial charge in [0.25, 0.3) is 5.91 Å². The quantitative estimate of drug-likeness (QED) is 0.774. The van der Waals surface area contributed by atoms with Gasteiger partial charge in [0, 0.05) is 5.56 Å². The van der Waals surface area contributed by atoms with Crippen LogP contribution in [0, 0.1) is 0 Å². The summed E-state index contributed by atoms with van der Waals surface area (Å²) in [5, 5.41) is 13.1. The lowest BCUT2D eigenvalue weighted by atomic mass is 9.90. The third kappa shape index (κ3) is 3.57. The molecular weight excluding hydrogens is 258 g/mol. The maximum Gasteiger partial charge on any atom is 0.340 e. The summed E-state index contributed by atoms with van der Waals surface area (Å²) >= 11 is 0. The molecule has 1 aromatic carbocycles. The second kappa shape index (κ2) is 7.05. The molecule has 0 unspecified atom stereocenters. The molecule has 0 saturated heterocycles. The number of carbonyl (C=O) groups excluding carboxylic acids is 2. The zero-order valence-electron chi connectivity index (χ0n) is 12.1. The lowest BCUT2D eigenvalue weighted by Gasteiger charge is -2.31. The van der Waals surface area contributed by atoms with E-state index in [0.717, 1.165) is 0 Å². The van der Waals surface area contributed by atoms with Gasteiger partial charge in [-0.3, -0.25) is 4.79 Å². The smallest absolute Gasteiger partial charge is 0.340 e. The zero-order chi connectivity index (χ0) is 15.2. The predicted molar refractivity (Wildman–Crippen MR) is 75.2 cm³/mol. The van der Waals surface area contributed by atoms with Gasteiger partial charge in [0.15, 0.2) is 5.60 Å². The van der Waals surface area contributed by atoms with E-state index in [2.05, 4.69) is 10.1 Å². The Labute approximate surface area is 118 Å². The number of nitrogens with one attached hydrogen (secondary N) is 1. The summed E-state index contributed by atoms with van der Waals surface area (Å²) in [6.07, 6.45) is 0.813. The standard InChI is InChI=1S/C15H21NO4/c1-4-10-15(19,14(18)20-3)11(2)16-13(17)12-8-6-5-7-9-12/h5-9,11,19H,4,10H2,1-3H3,(H,16,17)/t11-,15-/m0/s1. The predicted octanol–water partition coefficient (Wildman–Crippen LogP) is 1.51. The Kier molecular flexibility index (Phi) is 5.70. The molecule has 0 heterocycles. The van der Waals surface area contributed by atoms with Gasteiger partial charge >= 0.3 is 5.97 Å². The molecule has 110 valence electrons. The number of methoxy groups -OCH3 is 1. The first-order valence-corrected chi connectivity index (χ1v) is 6.62. The van der Waals surface area contributed by atoms with Crippen LogP contribution in [0.25, 0.3) is 0 Å². The number of rotatable bonds is 6. The van der Waals surface area contributed by atoms with E-state index in [4.69, 9.17) is 0 Å². The van der Waals surface area contributed by atoms with Crippen molar-refractivity contribution < 1.29 is 19.4 Å². The van der Waals surface area contributed by atoms with Gasteiger partial charge in [-0.05, 0) is 25.5 Å². The van der Waals surface area contributed by atoms with E-state index in [-0.39, 0.29) is 12.3 Å². The average molecular weight is 279 g/mol. The van der Waals surface area contributed by atoms with Crippen molar-refractivity contribution in [3.8, 4) is 0 Å². The van der Waals surface area contributed by atoms with Gasteiger partial charge in [-0.1, -0.05) is 31.5 Å². The highest BCUT2D eigenvalue weighted by atomic mass is 16.5. The van der Waals surface area contributed by atoms with Crippen LogP contribution in [0.2, 0.25) is 0 Å². The summed E-state index contributed by atoms with van der Waals surface area (Å²) in [5.41, 5.74) is -1.24. The largest absolute Gasteiger partial charge is 0.467 e. The molecule has 0 spiro atoms. The first-order chi connectivity index (χ1) is 9.45. The summed E-state index contributed by atoms with van der Waals surface area (Å²) in [7, 11) is 1.22. The van der Waals surface area contributed by atoms with Crippen molar-refractivity contribution in [3.05, 3.63) is 35.9 Å². The van der Waals surface area contributed by atoms with Crippen molar-refractivity contribution in [2.24, 2.45) is 0 Å². The van der Waals surface area contributed by atoms with Gasteiger partial charge in [0.05, 0.1) is 13.2 Å². The van der Waals surface area contributed by atoms with Crippen LogP contribution in [-0.2, 0) is 9.53 Å². The number of hydrogen-bond donors (Lipinski definition) is 2. The molecule has 5 nitrogen and oxygen atoms in total. The summed E-state index contributed by atoms with van der Waals surface area (Å²) < 4.78 is 4.64. The highest BCUT2D eigenvalue weighted by Gasteiger charge is 2.42. The van der Waals surface area contributed by atoms with Gasteiger partial charge in [0.2, 0.25) is 0 Å². The highest BCUT2D eigenvalue weighted by Crippen LogP contribution is 2.20. The number of ether oxygens (including phenoxy) is 1. The molecule has 2 atom stereocenters. The second-order valence-corrected chi connectivity index (χ2v) is 4.73. The number of aliphatic hydroxyl groups is 1. The first-order valence-electron chi connectivity index (χ1n) is 6.62. The van der Waals surface area contributed by atoms with E-state index in [0.29, 0.717) is 12.0 Å². The normalized spacial score (nSPS) is 15.0. The average Bonchev–Trinajstić information content (AvgIpc) is 2.47. The summed E-state index contributed by atoms with van der Waals surface area (Å²) in [6, 6.07) is 7.89. The van der Waals surface area contributed by atoms with Crippen LogP contribution in [0.4, 0.5) is 0 Å². The molecule has 0 aliphatic rings. The molecule has 0 aromatic heterocycles. The van der Waals surface area contributed by atoms with Crippen LogP contribution >= 0.6 is 0 Å². The third-order valence-corrected chi connectivity index (χ3v) is 3.27. The molecule has 0 radical (unpaired) electrons. The van der Waals surface area contributed by atoms with E-state index >= 15 is 0 Å². The summed E-state index contributed by atoms with van der Waals surface area (Å²) in [4.78, 5) is 23.8. The fourth-order valence-electron chi connectivity index (χ4n) is 2.04.